The van der Waals surface area contributed by atoms with Crippen LogP contribution in [0.2, 0.25) is 0 Å². The smallest absolute Gasteiger partial charge is 0.303 e. The molecule has 0 atom stereocenters. The maximum atomic E-state index is 11.0. The lowest BCUT2D eigenvalue weighted by Crippen LogP contribution is -2.51. The molecule has 0 aliphatic carbocycles. The van der Waals surface area contributed by atoms with Crippen LogP contribution in [0.25, 0.3) is 0 Å². The van der Waals surface area contributed by atoms with Gasteiger partial charge in [-0.05, 0) is 64.2 Å². The molecule has 0 saturated heterocycles. The maximum Gasteiger partial charge on any atom is 0.303 e. The molecule has 0 unspecified atom stereocenters. The highest BCUT2D eigenvalue weighted by Gasteiger charge is 2.26. The topological polar surface area (TPSA) is 115 Å². The van der Waals surface area contributed by atoms with E-state index >= 15 is 0 Å². The Morgan fingerprint density at radius 3 is 1.39 bits per heavy atom. The van der Waals surface area contributed by atoms with Gasteiger partial charge in [-0.3, -0.25) is 9.59 Å². The zero-order chi connectivity index (χ0) is 28.3. The van der Waals surface area contributed by atoms with Gasteiger partial charge in [0.1, 0.15) is 0 Å². The number of nitrogens with zero attached hydrogens (tertiary/aromatic N) is 1. The van der Waals surface area contributed by atoms with Crippen molar-refractivity contribution in [1.29, 1.82) is 0 Å². The summed E-state index contributed by atoms with van der Waals surface area (Å²) in [6.07, 6.45) is 24.4. The third-order valence-corrected chi connectivity index (χ3v) is 7.45. The van der Waals surface area contributed by atoms with Crippen LogP contribution in [0.3, 0.4) is 0 Å². The molecule has 0 saturated carbocycles. The van der Waals surface area contributed by atoms with Crippen LogP contribution in [0.1, 0.15) is 142 Å². The van der Waals surface area contributed by atoms with Crippen LogP contribution >= 0.6 is 0 Å². The molecule has 0 aromatic carbocycles. The number of unbranched alkanes of at least 4 members (excludes halogenated alkanes) is 13. The van der Waals surface area contributed by atoms with E-state index < -0.39 is 17.9 Å². The van der Waals surface area contributed by atoms with Crippen LogP contribution in [0.4, 0.5) is 0 Å². The van der Waals surface area contributed by atoms with Gasteiger partial charge in [0.05, 0.1) is 26.2 Å². The second kappa shape index (κ2) is 25.4. The Balaban J connectivity index is 4.62. The second-order valence-electron chi connectivity index (χ2n) is 11.0. The summed E-state index contributed by atoms with van der Waals surface area (Å²) in [6.45, 7) is 5.76. The van der Waals surface area contributed by atoms with Crippen molar-refractivity contribution >= 4 is 17.9 Å². The highest BCUT2D eigenvalue weighted by molar-refractivity contribution is 5.66. The first kappa shape index (κ1) is 36.1. The van der Waals surface area contributed by atoms with Crippen molar-refractivity contribution in [3.05, 3.63) is 12.2 Å². The fourth-order valence-electron chi connectivity index (χ4n) is 5.19. The fraction of sp³-hybridized carbons (Fsp3) is 0.839. The maximum absolute atomic E-state index is 11.0. The van der Waals surface area contributed by atoms with Gasteiger partial charge in [-0.2, -0.15) is 0 Å². The molecule has 0 radical (unpaired) electrons. The van der Waals surface area contributed by atoms with Crippen LogP contribution in [-0.2, 0) is 14.4 Å². The Bertz CT molecular complexity index is 579. The SMILES string of the molecule is CCCCCCCCCCC/C=C/CCC[N+](CCCCC(=O)[O-])(CCCCC(=O)O)CCCCC(=O)O. The van der Waals surface area contributed by atoms with Crippen LogP contribution in [0, 0.1) is 0 Å². The molecular weight excluding hydrogens is 482 g/mol. The summed E-state index contributed by atoms with van der Waals surface area (Å²) in [5.41, 5.74) is 0. The quantitative estimate of drug-likeness (QED) is 0.0638. The van der Waals surface area contributed by atoms with Crippen molar-refractivity contribution in [1.82, 2.24) is 0 Å². The predicted molar refractivity (Wildman–Crippen MR) is 152 cm³/mol. The van der Waals surface area contributed by atoms with Crippen LogP contribution in [0.15, 0.2) is 12.2 Å². The van der Waals surface area contributed by atoms with E-state index in [2.05, 4.69) is 19.1 Å². The van der Waals surface area contributed by atoms with Gasteiger partial charge in [-0.15, -0.1) is 0 Å². The molecule has 7 heteroatoms. The number of carboxylic acids is 3. The molecule has 0 heterocycles. The van der Waals surface area contributed by atoms with E-state index in [1.165, 1.54) is 57.8 Å². The van der Waals surface area contributed by atoms with Gasteiger partial charge in [-0.25, -0.2) is 0 Å². The minimum Gasteiger partial charge on any atom is -0.550 e. The number of aliphatic carboxylic acids is 3. The Morgan fingerprint density at radius 1 is 0.553 bits per heavy atom. The molecule has 0 aliphatic rings. The molecule has 0 aromatic rings. The van der Waals surface area contributed by atoms with E-state index in [4.69, 9.17) is 10.2 Å². The summed E-state index contributed by atoms with van der Waals surface area (Å²) >= 11 is 0. The van der Waals surface area contributed by atoms with Crippen LogP contribution in [-0.4, -0.2) is 58.8 Å². The average Bonchev–Trinajstić information content (AvgIpc) is 2.87. The second-order valence-corrected chi connectivity index (χ2v) is 11.0. The molecule has 38 heavy (non-hydrogen) atoms. The number of carbonyl (C=O) groups excluding carboxylic acids is 1. The molecule has 0 amide bonds. The highest BCUT2D eigenvalue weighted by Crippen LogP contribution is 2.19. The van der Waals surface area contributed by atoms with Crippen molar-refractivity contribution in [3.8, 4) is 0 Å². The zero-order valence-corrected chi connectivity index (χ0v) is 24.3. The Morgan fingerprint density at radius 2 is 0.947 bits per heavy atom. The molecule has 0 aromatic heterocycles. The molecule has 222 valence electrons. The van der Waals surface area contributed by atoms with Crippen molar-refractivity contribution in [2.24, 2.45) is 0 Å². The lowest BCUT2D eigenvalue weighted by Gasteiger charge is -2.39. The van der Waals surface area contributed by atoms with Gasteiger partial charge in [-0.1, -0.05) is 70.4 Å². The third kappa shape index (κ3) is 24.4. The monoisotopic (exact) mass is 539 g/mol. The first-order chi connectivity index (χ1) is 18.3. The zero-order valence-electron chi connectivity index (χ0n) is 24.3. The van der Waals surface area contributed by atoms with Crippen molar-refractivity contribution < 1.29 is 34.2 Å². The van der Waals surface area contributed by atoms with Gasteiger partial charge in [0, 0.05) is 25.2 Å². The number of hydrogen-bond donors (Lipinski definition) is 2. The van der Waals surface area contributed by atoms with Crippen LogP contribution in [0.5, 0.6) is 0 Å². The Hall–Kier alpha value is -1.89. The molecule has 2 N–H and O–H groups in total. The largest absolute Gasteiger partial charge is 0.550 e. The summed E-state index contributed by atoms with van der Waals surface area (Å²) in [4.78, 5) is 32.8. The fourth-order valence-corrected chi connectivity index (χ4v) is 5.19. The van der Waals surface area contributed by atoms with Crippen molar-refractivity contribution in [2.45, 2.75) is 142 Å². The lowest BCUT2D eigenvalue weighted by molar-refractivity contribution is -0.929. The number of hydrogen-bond acceptors (Lipinski definition) is 4. The first-order valence-electron chi connectivity index (χ1n) is 15.4. The van der Waals surface area contributed by atoms with Gasteiger partial charge < -0.3 is 24.6 Å². The summed E-state index contributed by atoms with van der Waals surface area (Å²) in [6, 6.07) is 0. The number of carboxylic acid groups (broad SMARTS) is 3. The van der Waals surface area contributed by atoms with E-state index in [9.17, 15) is 19.5 Å². The van der Waals surface area contributed by atoms with E-state index in [1.807, 2.05) is 0 Å². The highest BCUT2D eigenvalue weighted by atomic mass is 16.4. The van der Waals surface area contributed by atoms with Gasteiger partial charge in [0.2, 0.25) is 0 Å². The first-order valence-corrected chi connectivity index (χ1v) is 15.4. The van der Waals surface area contributed by atoms with Crippen LogP contribution < -0.4 is 5.11 Å². The number of carbonyl (C=O) groups is 3. The third-order valence-electron chi connectivity index (χ3n) is 7.45. The summed E-state index contributed by atoms with van der Waals surface area (Å²) in [5, 5.41) is 28.9. The summed E-state index contributed by atoms with van der Waals surface area (Å²) < 4.78 is 0.818. The lowest BCUT2D eigenvalue weighted by atomic mass is 10.1. The average molecular weight is 540 g/mol. The number of quaternary nitrogens is 1. The molecule has 7 nitrogen and oxygen atoms in total. The van der Waals surface area contributed by atoms with E-state index in [0.29, 0.717) is 19.3 Å². The summed E-state index contributed by atoms with van der Waals surface area (Å²) in [7, 11) is 0. The van der Waals surface area contributed by atoms with E-state index in [-0.39, 0.29) is 19.3 Å². The molecular formula is C31H57NO6. The standard InChI is InChI=1S/C31H57NO6/c1-2-3-4-5-6-7-8-9-10-11-12-13-14-18-25-32(26-19-15-22-29(33)34,27-20-16-23-30(35)36)28-21-17-24-31(37)38/h12-13H,2-11,14-28H2,1H3,(H2-,33,34,35,36,37,38)/b13-12+. The van der Waals surface area contributed by atoms with Gasteiger partial charge in [0.15, 0.2) is 0 Å². The van der Waals surface area contributed by atoms with Crippen molar-refractivity contribution in [3.63, 3.8) is 0 Å². The predicted octanol–water partition coefficient (Wildman–Crippen LogP) is 6.49. The normalized spacial score (nSPS) is 11.8. The van der Waals surface area contributed by atoms with Gasteiger partial charge >= 0.3 is 11.9 Å². The number of rotatable bonds is 29. The van der Waals surface area contributed by atoms with E-state index in [0.717, 1.165) is 69.2 Å². The van der Waals surface area contributed by atoms with E-state index in [1.54, 1.807) is 0 Å². The Kier molecular flexibility index (Phi) is 24.1. The Labute approximate surface area is 232 Å². The minimum absolute atomic E-state index is 0.0552. The molecule has 0 fully saturated rings. The minimum atomic E-state index is -1.02. The van der Waals surface area contributed by atoms with Crippen molar-refractivity contribution in [2.75, 3.05) is 26.2 Å². The van der Waals surface area contributed by atoms with Gasteiger partial charge in [0.25, 0.3) is 0 Å². The molecule has 0 bridgehead atoms. The summed E-state index contributed by atoms with van der Waals surface area (Å²) in [5.74, 6) is -2.59. The number of allylic oxidation sites excluding steroid dienone is 2. The molecule has 0 rings (SSSR count). The molecule has 0 spiro atoms. The molecule has 0 aliphatic heterocycles.